The van der Waals surface area contributed by atoms with E-state index in [0.717, 1.165) is 0 Å². The Morgan fingerprint density at radius 1 is 1.43 bits per heavy atom. The van der Waals surface area contributed by atoms with Gasteiger partial charge in [0.1, 0.15) is 0 Å². The highest BCUT2D eigenvalue weighted by Crippen LogP contribution is 1.99. The summed E-state index contributed by atoms with van der Waals surface area (Å²) < 4.78 is 0. The molecule has 0 aromatic heterocycles. The van der Waals surface area contributed by atoms with Crippen LogP contribution in [0.2, 0.25) is 0 Å². The van der Waals surface area contributed by atoms with Crippen molar-refractivity contribution < 1.29 is 4.79 Å². The van der Waals surface area contributed by atoms with Crippen LogP contribution in [0.25, 0.3) is 0 Å². The lowest BCUT2D eigenvalue weighted by Gasteiger charge is -1.62. The fourth-order valence-corrected chi connectivity index (χ4v) is 0.318. The van der Waals surface area contributed by atoms with Gasteiger partial charge in [-0.15, -0.1) is 5.11 Å². The Bertz CT molecular complexity index is 160. The van der Waals surface area contributed by atoms with E-state index in [-0.39, 0.29) is 5.29 Å². The molecule has 5 heteroatoms. The third kappa shape index (κ3) is 0.806. The second-order valence-corrected chi connectivity index (χ2v) is 1.20. The summed E-state index contributed by atoms with van der Waals surface area (Å²) in [4.78, 5) is 13.0. The van der Waals surface area contributed by atoms with Gasteiger partial charge in [-0.1, -0.05) is 5.11 Å². The first-order valence-corrected chi connectivity index (χ1v) is 1.87. The number of azo groups is 1. The lowest BCUT2D eigenvalue weighted by molar-refractivity contribution is 0.257. The second-order valence-electron chi connectivity index (χ2n) is 0.863. The van der Waals surface area contributed by atoms with Gasteiger partial charge in [0, 0.05) is 0 Å². The number of halogens is 1. The molecule has 0 aromatic rings. The molecule has 36 valence electrons. The highest BCUT2D eigenvalue weighted by Gasteiger charge is 2.04. The largest absolute Gasteiger partial charge is 0.388 e. The molecule has 0 saturated heterocycles. The van der Waals surface area contributed by atoms with E-state index in [1.807, 2.05) is 0 Å². The Kier molecular flexibility index (Phi) is 0.867. The Labute approximate surface area is 43.9 Å². The van der Waals surface area contributed by atoms with E-state index in [2.05, 4.69) is 15.2 Å². The molecular formula is C2ClN3O. The highest BCUT2D eigenvalue weighted by molar-refractivity contribution is 6.66. The standard InChI is InChI=1S/C2ClN3O/c3-1-4-2(7)6-5-1. The predicted molar refractivity (Wildman–Crippen MR) is 23.5 cm³/mol. The van der Waals surface area contributed by atoms with Crippen molar-refractivity contribution in [3.8, 4) is 0 Å². The zero-order valence-corrected chi connectivity index (χ0v) is 3.88. The number of nitrogens with zero attached hydrogens (tertiary/aromatic N) is 3. The van der Waals surface area contributed by atoms with Crippen molar-refractivity contribution in [1.82, 2.24) is 0 Å². The molecule has 1 aliphatic heterocycles. The van der Waals surface area contributed by atoms with Crippen molar-refractivity contribution in [3.63, 3.8) is 0 Å². The molecule has 0 atom stereocenters. The zero-order valence-electron chi connectivity index (χ0n) is 3.13. The first-order valence-electron chi connectivity index (χ1n) is 1.49. The lowest BCUT2D eigenvalue weighted by Crippen LogP contribution is -1.74. The molecule has 1 heterocycles. The normalized spacial score (nSPS) is 17.9. The van der Waals surface area contributed by atoms with E-state index < -0.39 is 6.03 Å². The minimum atomic E-state index is -0.634. The van der Waals surface area contributed by atoms with Crippen LogP contribution in [0.15, 0.2) is 15.2 Å². The smallest absolute Gasteiger partial charge is 0.242 e. The van der Waals surface area contributed by atoms with Gasteiger partial charge in [-0.2, -0.15) is 4.99 Å². The van der Waals surface area contributed by atoms with Crippen LogP contribution in [-0.4, -0.2) is 11.3 Å². The monoisotopic (exact) mass is 117 g/mol. The van der Waals surface area contributed by atoms with Crippen LogP contribution >= 0.6 is 11.6 Å². The number of hydrogen-bond donors (Lipinski definition) is 0. The van der Waals surface area contributed by atoms with Gasteiger partial charge < -0.3 is 0 Å². The third-order valence-corrected chi connectivity index (χ3v) is 0.566. The van der Waals surface area contributed by atoms with Crippen molar-refractivity contribution >= 4 is 22.9 Å². The summed E-state index contributed by atoms with van der Waals surface area (Å²) >= 11 is 5.08. The number of aliphatic imine (C=N–C) groups is 1. The summed E-state index contributed by atoms with van der Waals surface area (Å²) in [6, 6.07) is -0.634. The van der Waals surface area contributed by atoms with Crippen molar-refractivity contribution in [3.05, 3.63) is 0 Å². The van der Waals surface area contributed by atoms with Crippen molar-refractivity contribution in [2.24, 2.45) is 15.2 Å². The lowest BCUT2D eigenvalue weighted by atomic mass is 11.1. The van der Waals surface area contributed by atoms with Crippen LogP contribution in [-0.2, 0) is 0 Å². The topological polar surface area (TPSA) is 54.1 Å². The maximum Gasteiger partial charge on any atom is 0.388 e. The van der Waals surface area contributed by atoms with Crippen molar-refractivity contribution in [2.45, 2.75) is 0 Å². The molecule has 4 nitrogen and oxygen atoms in total. The number of amides is 2. The van der Waals surface area contributed by atoms with Crippen LogP contribution in [0.5, 0.6) is 0 Å². The first-order chi connectivity index (χ1) is 3.29. The van der Waals surface area contributed by atoms with Gasteiger partial charge in [0.15, 0.2) is 0 Å². The minimum absolute atomic E-state index is 0.0926. The van der Waals surface area contributed by atoms with Gasteiger partial charge in [0.2, 0.25) is 5.29 Å². The summed E-state index contributed by atoms with van der Waals surface area (Å²) in [5.41, 5.74) is 0. The number of amidine groups is 1. The fourth-order valence-electron chi connectivity index (χ4n) is 0.208. The van der Waals surface area contributed by atoms with Gasteiger partial charge >= 0.3 is 6.03 Å². The van der Waals surface area contributed by atoms with E-state index in [9.17, 15) is 4.79 Å². The third-order valence-electron chi connectivity index (χ3n) is 0.406. The second kappa shape index (κ2) is 1.38. The molecule has 0 aliphatic carbocycles. The number of urea groups is 1. The number of hydrogen-bond acceptors (Lipinski definition) is 2. The van der Waals surface area contributed by atoms with Gasteiger partial charge in [-0.25, -0.2) is 4.79 Å². The molecule has 0 radical (unpaired) electrons. The van der Waals surface area contributed by atoms with E-state index in [1.54, 1.807) is 0 Å². The van der Waals surface area contributed by atoms with Gasteiger partial charge in [0.25, 0.3) is 0 Å². The van der Waals surface area contributed by atoms with Crippen LogP contribution < -0.4 is 0 Å². The van der Waals surface area contributed by atoms with E-state index in [1.165, 1.54) is 0 Å². The van der Waals surface area contributed by atoms with E-state index in [0.29, 0.717) is 0 Å². The molecule has 0 N–H and O–H groups in total. The Hall–Kier alpha value is -0.770. The van der Waals surface area contributed by atoms with Gasteiger partial charge in [0.05, 0.1) is 0 Å². The van der Waals surface area contributed by atoms with Crippen LogP contribution in [0.1, 0.15) is 0 Å². The Morgan fingerprint density at radius 3 is 2.29 bits per heavy atom. The maximum atomic E-state index is 9.92. The fraction of sp³-hybridized carbons (Fsp3) is 0. The average molecular weight is 117 g/mol. The van der Waals surface area contributed by atoms with E-state index >= 15 is 0 Å². The summed E-state index contributed by atoms with van der Waals surface area (Å²) in [5.74, 6) is 0. The molecular weight excluding hydrogens is 117 g/mol. The molecule has 0 unspecified atom stereocenters. The maximum absolute atomic E-state index is 9.92. The molecule has 0 saturated carbocycles. The Morgan fingerprint density at radius 2 is 2.14 bits per heavy atom. The quantitative estimate of drug-likeness (QED) is 0.440. The summed E-state index contributed by atoms with van der Waals surface area (Å²) in [7, 11) is 0. The first kappa shape index (κ1) is 4.39. The summed E-state index contributed by atoms with van der Waals surface area (Å²) in [5, 5.41) is 5.98. The molecule has 7 heavy (non-hydrogen) atoms. The summed E-state index contributed by atoms with van der Waals surface area (Å²) in [6.07, 6.45) is 0. The van der Waals surface area contributed by atoms with Crippen LogP contribution in [0.4, 0.5) is 4.79 Å². The molecule has 1 rings (SSSR count). The predicted octanol–water partition coefficient (Wildman–Crippen LogP) is 1.17. The molecule has 0 fully saturated rings. The molecule has 2 amide bonds. The number of rotatable bonds is 0. The van der Waals surface area contributed by atoms with Crippen LogP contribution in [0, 0.1) is 0 Å². The van der Waals surface area contributed by atoms with Gasteiger partial charge in [-0.05, 0) is 11.6 Å². The summed E-state index contributed by atoms with van der Waals surface area (Å²) in [6.45, 7) is 0. The van der Waals surface area contributed by atoms with Crippen molar-refractivity contribution in [2.75, 3.05) is 0 Å². The van der Waals surface area contributed by atoms with Crippen molar-refractivity contribution in [1.29, 1.82) is 0 Å². The number of carbonyl (C=O) groups excluding carboxylic acids is 1. The average Bonchev–Trinajstić information content (AvgIpc) is 1.87. The van der Waals surface area contributed by atoms with Gasteiger partial charge in [-0.3, -0.25) is 0 Å². The zero-order chi connectivity index (χ0) is 5.28. The Balaban J connectivity index is 2.88. The molecule has 0 bridgehead atoms. The molecule has 0 spiro atoms. The number of carbonyl (C=O) groups is 1. The van der Waals surface area contributed by atoms with E-state index in [4.69, 9.17) is 11.6 Å². The van der Waals surface area contributed by atoms with Crippen LogP contribution in [0.3, 0.4) is 0 Å². The minimum Gasteiger partial charge on any atom is -0.242 e. The molecule has 1 aliphatic rings. The highest BCUT2D eigenvalue weighted by atomic mass is 35.5. The SMILES string of the molecule is O=C1N=NC(Cl)=N1. The molecule has 0 aromatic carbocycles.